The highest BCUT2D eigenvalue weighted by atomic mass is 35.5. The lowest BCUT2D eigenvalue weighted by Crippen LogP contribution is -2.27. The first-order valence-corrected chi connectivity index (χ1v) is 5.84. The number of carbonyl (C=O) groups is 2. The van der Waals surface area contributed by atoms with Gasteiger partial charge in [0.1, 0.15) is 11.4 Å². The van der Waals surface area contributed by atoms with Gasteiger partial charge in [-0.2, -0.15) is 0 Å². The zero-order valence-corrected chi connectivity index (χ0v) is 11.9. The van der Waals surface area contributed by atoms with Crippen LogP contribution < -0.4 is 5.32 Å². The molecule has 104 valence electrons. The number of aromatic nitrogens is 1. The van der Waals surface area contributed by atoms with Gasteiger partial charge in [0.15, 0.2) is 0 Å². The molecule has 1 rings (SSSR count). The molecule has 0 fully saturated rings. The third kappa shape index (κ3) is 4.75. The highest BCUT2D eigenvalue weighted by Crippen LogP contribution is 2.19. The first kappa shape index (κ1) is 15.2. The Hall–Kier alpha value is -1.82. The third-order valence-electron chi connectivity index (χ3n) is 1.89. The highest BCUT2D eigenvalue weighted by Gasteiger charge is 2.18. The second-order valence-corrected chi connectivity index (χ2v) is 5.08. The molecule has 6 nitrogen and oxygen atoms in total. The van der Waals surface area contributed by atoms with Crippen LogP contribution in [0.4, 0.5) is 10.6 Å². The number of esters is 1. The molecule has 0 saturated heterocycles. The molecule has 1 aromatic heterocycles. The largest absolute Gasteiger partial charge is 0.465 e. The second-order valence-electron chi connectivity index (χ2n) is 4.67. The molecular formula is C12H15ClN2O4. The predicted molar refractivity (Wildman–Crippen MR) is 70.4 cm³/mol. The Morgan fingerprint density at radius 1 is 1.37 bits per heavy atom. The van der Waals surface area contributed by atoms with Crippen LogP contribution in [0.15, 0.2) is 12.3 Å². The smallest absolute Gasteiger partial charge is 0.413 e. The average Bonchev–Trinajstić information content (AvgIpc) is 2.28. The SMILES string of the molecule is COC(=O)c1cc(NC(=O)OC(C)(C)C)ncc1Cl. The van der Waals surface area contributed by atoms with Crippen LogP contribution in [0.5, 0.6) is 0 Å². The Morgan fingerprint density at radius 3 is 2.53 bits per heavy atom. The maximum atomic E-state index is 11.5. The van der Waals surface area contributed by atoms with Crippen LogP contribution in [0.3, 0.4) is 0 Å². The maximum absolute atomic E-state index is 11.5. The summed E-state index contributed by atoms with van der Waals surface area (Å²) in [5.74, 6) is -0.460. The zero-order chi connectivity index (χ0) is 14.6. The topological polar surface area (TPSA) is 77.5 Å². The number of halogens is 1. The number of hydrogen-bond donors (Lipinski definition) is 1. The number of amides is 1. The van der Waals surface area contributed by atoms with Crippen molar-refractivity contribution in [3.8, 4) is 0 Å². The molecule has 1 N–H and O–H groups in total. The van der Waals surface area contributed by atoms with Crippen LogP contribution in [-0.2, 0) is 9.47 Å². The van der Waals surface area contributed by atoms with E-state index in [4.69, 9.17) is 16.3 Å². The Balaban J connectivity index is 2.86. The number of nitrogens with zero attached hydrogens (tertiary/aromatic N) is 1. The Kier molecular flexibility index (Phi) is 4.72. The summed E-state index contributed by atoms with van der Waals surface area (Å²) in [6.45, 7) is 5.21. The van der Waals surface area contributed by atoms with Gasteiger partial charge < -0.3 is 9.47 Å². The molecular weight excluding hydrogens is 272 g/mol. The molecule has 0 unspecified atom stereocenters. The summed E-state index contributed by atoms with van der Waals surface area (Å²) in [6.07, 6.45) is 0.582. The van der Waals surface area contributed by atoms with Gasteiger partial charge in [0.2, 0.25) is 0 Å². The molecule has 0 aromatic carbocycles. The van der Waals surface area contributed by atoms with Gasteiger partial charge in [-0.15, -0.1) is 0 Å². The van der Waals surface area contributed by atoms with Gasteiger partial charge >= 0.3 is 12.1 Å². The minimum absolute atomic E-state index is 0.116. The number of nitrogens with one attached hydrogen (secondary N) is 1. The molecule has 0 spiro atoms. The molecule has 0 aliphatic heterocycles. The summed E-state index contributed by atoms with van der Waals surface area (Å²) < 4.78 is 9.62. The summed E-state index contributed by atoms with van der Waals surface area (Å²) in [7, 11) is 1.24. The quantitative estimate of drug-likeness (QED) is 0.846. The van der Waals surface area contributed by atoms with Crippen LogP contribution in [0.2, 0.25) is 5.02 Å². The zero-order valence-electron chi connectivity index (χ0n) is 11.1. The molecule has 1 aromatic rings. The van der Waals surface area contributed by atoms with Crippen molar-refractivity contribution in [2.45, 2.75) is 26.4 Å². The van der Waals surface area contributed by atoms with Crippen molar-refractivity contribution in [3.63, 3.8) is 0 Å². The van der Waals surface area contributed by atoms with Gasteiger partial charge in [0.05, 0.1) is 17.7 Å². The number of carbonyl (C=O) groups excluding carboxylic acids is 2. The van der Waals surface area contributed by atoms with Crippen molar-refractivity contribution in [3.05, 3.63) is 22.8 Å². The normalized spacial score (nSPS) is 10.8. The third-order valence-corrected chi connectivity index (χ3v) is 2.19. The summed E-state index contributed by atoms with van der Waals surface area (Å²) in [4.78, 5) is 26.8. The van der Waals surface area contributed by atoms with E-state index < -0.39 is 17.7 Å². The molecule has 0 radical (unpaired) electrons. The Labute approximate surface area is 116 Å². The van der Waals surface area contributed by atoms with E-state index in [1.54, 1.807) is 20.8 Å². The van der Waals surface area contributed by atoms with E-state index in [1.807, 2.05) is 0 Å². The Bertz CT molecular complexity index is 497. The monoisotopic (exact) mass is 286 g/mol. The molecule has 0 aliphatic carbocycles. The fourth-order valence-electron chi connectivity index (χ4n) is 1.18. The van der Waals surface area contributed by atoms with E-state index in [0.717, 1.165) is 0 Å². The van der Waals surface area contributed by atoms with Gasteiger partial charge in [-0.1, -0.05) is 11.6 Å². The molecule has 0 bridgehead atoms. The summed E-state index contributed by atoms with van der Waals surface area (Å²) in [5.41, 5.74) is -0.507. The van der Waals surface area contributed by atoms with Crippen LogP contribution in [0.25, 0.3) is 0 Å². The van der Waals surface area contributed by atoms with Crippen molar-refractivity contribution in [1.29, 1.82) is 0 Å². The first-order valence-electron chi connectivity index (χ1n) is 5.47. The number of pyridine rings is 1. The number of methoxy groups -OCH3 is 1. The van der Waals surface area contributed by atoms with E-state index in [-0.39, 0.29) is 16.4 Å². The standard InChI is InChI=1S/C12H15ClN2O4/c1-12(2,3)19-11(17)15-9-5-7(10(16)18-4)8(13)6-14-9/h5-6H,1-4H3,(H,14,15,17). The Morgan fingerprint density at radius 2 is 2.00 bits per heavy atom. The maximum Gasteiger partial charge on any atom is 0.413 e. The summed E-state index contributed by atoms with van der Waals surface area (Å²) >= 11 is 5.81. The molecule has 1 heterocycles. The number of hydrogen-bond acceptors (Lipinski definition) is 5. The van der Waals surface area contributed by atoms with E-state index >= 15 is 0 Å². The molecule has 0 atom stereocenters. The molecule has 7 heteroatoms. The molecule has 1 amide bonds. The van der Waals surface area contributed by atoms with Crippen LogP contribution in [-0.4, -0.2) is 29.8 Å². The summed E-state index contributed by atoms with van der Waals surface area (Å²) in [5, 5.41) is 2.55. The predicted octanol–water partition coefficient (Wildman–Crippen LogP) is 2.87. The van der Waals surface area contributed by atoms with E-state index in [1.165, 1.54) is 19.4 Å². The molecule has 19 heavy (non-hydrogen) atoms. The van der Waals surface area contributed by atoms with Crippen molar-refractivity contribution in [2.24, 2.45) is 0 Å². The minimum Gasteiger partial charge on any atom is -0.465 e. The fourth-order valence-corrected chi connectivity index (χ4v) is 1.36. The van der Waals surface area contributed by atoms with Crippen molar-refractivity contribution < 1.29 is 19.1 Å². The van der Waals surface area contributed by atoms with Crippen LogP contribution >= 0.6 is 11.6 Å². The van der Waals surface area contributed by atoms with Gasteiger partial charge in [-0.05, 0) is 26.8 Å². The lowest BCUT2D eigenvalue weighted by atomic mass is 10.2. The van der Waals surface area contributed by atoms with Gasteiger partial charge in [0, 0.05) is 6.20 Å². The van der Waals surface area contributed by atoms with Crippen molar-refractivity contribution >= 4 is 29.5 Å². The lowest BCUT2D eigenvalue weighted by Gasteiger charge is -2.19. The first-order chi connectivity index (χ1) is 8.73. The molecule has 0 saturated carbocycles. The summed E-state index contributed by atoms with van der Waals surface area (Å²) in [6, 6.07) is 1.32. The highest BCUT2D eigenvalue weighted by molar-refractivity contribution is 6.33. The van der Waals surface area contributed by atoms with Crippen LogP contribution in [0, 0.1) is 0 Å². The fraction of sp³-hybridized carbons (Fsp3) is 0.417. The van der Waals surface area contributed by atoms with Gasteiger partial charge in [0.25, 0.3) is 0 Å². The van der Waals surface area contributed by atoms with Crippen molar-refractivity contribution in [2.75, 3.05) is 12.4 Å². The number of rotatable bonds is 2. The number of anilines is 1. The van der Waals surface area contributed by atoms with Crippen molar-refractivity contribution in [1.82, 2.24) is 4.98 Å². The van der Waals surface area contributed by atoms with E-state index in [0.29, 0.717) is 0 Å². The van der Waals surface area contributed by atoms with E-state index in [9.17, 15) is 9.59 Å². The van der Waals surface area contributed by atoms with Gasteiger partial charge in [-0.25, -0.2) is 14.6 Å². The van der Waals surface area contributed by atoms with Crippen LogP contribution in [0.1, 0.15) is 31.1 Å². The molecule has 0 aliphatic rings. The minimum atomic E-state index is -0.668. The van der Waals surface area contributed by atoms with E-state index in [2.05, 4.69) is 15.0 Å². The average molecular weight is 287 g/mol. The lowest BCUT2D eigenvalue weighted by molar-refractivity contribution is 0.0596. The second kappa shape index (κ2) is 5.88. The number of ether oxygens (including phenoxy) is 2. The van der Waals surface area contributed by atoms with Gasteiger partial charge in [-0.3, -0.25) is 5.32 Å².